The summed E-state index contributed by atoms with van der Waals surface area (Å²) in [5.74, 6) is 1.52. The molecular formula is C27H34N4O. The zero-order valence-corrected chi connectivity index (χ0v) is 19.8. The molecule has 0 radical (unpaired) electrons. The molecule has 168 valence electrons. The molecule has 5 heteroatoms. The van der Waals surface area contributed by atoms with Crippen LogP contribution in [0.1, 0.15) is 67.2 Å². The Morgan fingerprint density at radius 1 is 1.16 bits per heavy atom. The van der Waals surface area contributed by atoms with Crippen LogP contribution in [0.4, 0.5) is 0 Å². The van der Waals surface area contributed by atoms with Crippen LogP contribution in [0.25, 0.3) is 11.3 Å². The SMILES string of the molecule is Cc1cc(-c2cnc(C3CCCN3C(=O)C(c3ccccc3)N(C)C)[nH]2)ccc1C(C)C. The van der Waals surface area contributed by atoms with Gasteiger partial charge < -0.3 is 9.88 Å². The summed E-state index contributed by atoms with van der Waals surface area (Å²) >= 11 is 0. The highest BCUT2D eigenvalue weighted by molar-refractivity contribution is 5.84. The lowest BCUT2D eigenvalue weighted by atomic mass is 9.95. The van der Waals surface area contributed by atoms with Crippen molar-refractivity contribution in [2.45, 2.75) is 51.6 Å². The highest BCUT2D eigenvalue weighted by atomic mass is 16.2. The molecule has 0 saturated carbocycles. The van der Waals surface area contributed by atoms with Gasteiger partial charge in [0.15, 0.2) is 0 Å². The van der Waals surface area contributed by atoms with Gasteiger partial charge in [0.2, 0.25) is 5.91 Å². The molecule has 2 atom stereocenters. The number of likely N-dealkylation sites (N-methyl/N-ethyl adjacent to an activating group) is 1. The first kappa shape index (κ1) is 22.3. The third kappa shape index (κ3) is 4.35. The molecule has 2 aromatic carbocycles. The van der Waals surface area contributed by atoms with Crippen LogP contribution < -0.4 is 0 Å². The first-order chi connectivity index (χ1) is 15.4. The smallest absolute Gasteiger partial charge is 0.245 e. The summed E-state index contributed by atoms with van der Waals surface area (Å²) in [5.41, 5.74) is 5.83. The second-order valence-electron chi connectivity index (χ2n) is 9.37. The van der Waals surface area contributed by atoms with Crippen LogP contribution in [0.5, 0.6) is 0 Å². The number of nitrogens with one attached hydrogen (secondary N) is 1. The van der Waals surface area contributed by atoms with Crippen molar-refractivity contribution in [2.75, 3.05) is 20.6 Å². The van der Waals surface area contributed by atoms with Crippen molar-refractivity contribution in [3.05, 3.63) is 77.2 Å². The third-order valence-electron chi connectivity index (χ3n) is 6.52. The maximum absolute atomic E-state index is 13.6. The van der Waals surface area contributed by atoms with Crippen molar-refractivity contribution in [2.24, 2.45) is 0 Å². The molecule has 0 bridgehead atoms. The van der Waals surface area contributed by atoms with E-state index in [1.165, 1.54) is 11.1 Å². The Bertz CT molecular complexity index is 1070. The molecule has 32 heavy (non-hydrogen) atoms. The average molecular weight is 431 g/mol. The van der Waals surface area contributed by atoms with Gasteiger partial charge in [-0.15, -0.1) is 0 Å². The quantitative estimate of drug-likeness (QED) is 0.564. The van der Waals surface area contributed by atoms with E-state index in [0.717, 1.165) is 42.0 Å². The number of carbonyl (C=O) groups is 1. The minimum Gasteiger partial charge on any atom is -0.340 e. The normalized spacial score (nSPS) is 17.3. The molecule has 2 unspecified atom stereocenters. The van der Waals surface area contributed by atoms with Gasteiger partial charge in [0.25, 0.3) is 0 Å². The molecule has 3 aromatic rings. The van der Waals surface area contributed by atoms with Crippen molar-refractivity contribution in [1.82, 2.24) is 19.8 Å². The summed E-state index contributed by atoms with van der Waals surface area (Å²) in [5, 5.41) is 0. The molecule has 1 N–H and O–H groups in total. The van der Waals surface area contributed by atoms with Crippen molar-refractivity contribution in [3.63, 3.8) is 0 Å². The van der Waals surface area contributed by atoms with E-state index in [1.54, 1.807) is 0 Å². The van der Waals surface area contributed by atoms with E-state index >= 15 is 0 Å². The third-order valence-corrected chi connectivity index (χ3v) is 6.52. The van der Waals surface area contributed by atoms with Crippen LogP contribution in [0.15, 0.2) is 54.7 Å². The number of aryl methyl sites for hydroxylation is 1. The van der Waals surface area contributed by atoms with Gasteiger partial charge in [-0.1, -0.05) is 56.3 Å². The van der Waals surface area contributed by atoms with Gasteiger partial charge in [0, 0.05) is 6.54 Å². The van der Waals surface area contributed by atoms with E-state index < -0.39 is 0 Å². The van der Waals surface area contributed by atoms with Crippen LogP contribution >= 0.6 is 0 Å². The number of imidazole rings is 1. The van der Waals surface area contributed by atoms with E-state index in [9.17, 15) is 4.79 Å². The Morgan fingerprint density at radius 3 is 2.56 bits per heavy atom. The predicted molar refractivity (Wildman–Crippen MR) is 129 cm³/mol. The van der Waals surface area contributed by atoms with Gasteiger partial charge in [0.1, 0.15) is 11.9 Å². The van der Waals surface area contributed by atoms with E-state index in [1.807, 2.05) is 60.4 Å². The molecular weight excluding hydrogens is 396 g/mol. The lowest BCUT2D eigenvalue weighted by Crippen LogP contribution is -2.40. The summed E-state index contributed by atoms with van der Waals surface area (Å²) in [6.45, 7) is 7.37. The standard InChI is InChI=1S/C27H34N4O/c1-18(2)22-14-13-21(16-19(22)3)23-17-28-26(29-23)24-12-9-15-31(24)27(32)25(30(4)5)20-10-7-6-8-11-20/h6-8,10-11,13-14,16-18,24-25H,9,12,15H2,1-5H3,(H,28,29). The molecule has 1 fully saturated rings. The largest absolute Gasteiger partial charge is 0.340 e. The summed E-state index contributed by atoms with van der Waals surface area (Å²) in [4.78, 5) is 25.9. The van der Waals surface area contributed by atoms with E-state index in [4.69, 9.17) is 4.98 Å². The number of hydrogen-bond acceptors (Lipinski definition) is 3. The fraction of sp³-hybridized carbons (Fsp3) is 0.407. The average Bonchev–Trinajstić information content (AvgIpc) is 3.43. The van der Waals surface area contributed by atoms with Crippen molar-refractivity contribution >= 4 is 5.91 Å². The van der Waals surface area contributed by atoms with Gasteiger partial charge >= 0.3 is 0 Å². The Hall–Kier alpha value is -2.92. The molecule has 5 nitrogen and oxygen atoms in total. The number of aromatic nitrogens is 2. The van der Waals surface area contributed by atoms with Gasteiger partial charge in [-0.25, -0.2) is 4.98 Å². The highest BCUT2D eigenvalue weighted by Crippen LogP contribution is 2.35. The summed E-state index contributed by atoms with van der Waals surface area (Å²) in [7, 11) is 3.93. The van der Waals surface area contributed by atoms with Gasteiger partial charge in [-0.05, 0) is 68.1 Å². The monoisotopic (exact) mass is 430 g/mol. The maximum atomic E-state index is 13.6. The molecule has 1 aliphatic heterocycles. The molecule has 1 saturated heterocycles. The highest BCUT2D eigenvalue weighted by Gasteiger charge is 2.37. The summed E-state index contributed by atoms with van der Waals surface area (Å²) < 4.78 is 0. The minimum atomic E-state index is -0.294. The summed E-state index contributed by atoms with van der Waals surface area (Å²) in [6, 6.07) is 16.3. The molecule has 1 aromatic heterocycles. The van der Waals surface area contributed by atoms with Crippen LogP contribution in [-0.4, -0.2) is 46.3 Å². The van der Waals surface area contributed by atoms with Crippen molar-refractivity contribution in [3.8, 4) is 11.3 Å². The first-order valence-corrected chi connectivity index (χ1v) is 11.5. The fourth-order valence-corrected chi connectivity index (χ4v) is 4.91. The summed E-state index contributed by atoms with van der Waals surface area (Å²) in [6.07, 6.45) is 3.82. The molecule has 1 amide bonds. The number of carbonyl (C=O) groups excluding carboxylic acids is 1. The predicted octanol–water partition coefficient (Wildman–Crippen LogP) is 5.47. The molecule has 0 aliphatic carbocycles. The molecule has 4 rings (SSSR count). The van der Waals surface area contributed by atoms with Crippen LogP contribution in [0.2, 0.25) is 0 Å². The van der Waals surface area contributed by atoms with Crippen LogP contribution in [0.3, 0.4) is 0 Å². The Kier molecular flexibility index (Phi) is 6.47. The van der Waals surface area contributed by atoms with Crippen molar-refractivity contribution in [1.29, 1.82) is 0 Å². The Balaban J connectivity index is 1.59. The number of amides is 1. The van der Waals surface area contributed by atoms with E-state index in [2.05, 4.69) is 44.0 Å². The Morgan fingerprint density at radius 2 is 1.91 bits per heavy atom. The van der Waals surface area contributed by atoms with Crippen molar-refractivity contribution < 1.29 is 4.79 Å². The number of hydrogen-bond donors (Lipinski definition) is 1. The zero-order chi connectivity index (χ0) is 22.8. The topological polar surface area (TPSA) is 52.2 Å². The minimum absolute atomic E-state index is 0.0153. The van der Waals surface area contributed by atoms with E-state index in [-0.39, 0.29) is 18.0 Å². The van der Waals surface area contributed by atoms with Gasteiger partial charge in [-0.3, -0.25) is 9.69 Å². The zero-order valence-electron chi connectivity index (χ0n) is 19.8. The molecule has 0 spiro atoms. The number of nitrogens with zero attached hydrogens (tertiary/aromatic N) is 3. The lowest BCUT2D eigenvalue weighted by molar-refractivity contribution is -0.137. The molecule has 2 heterocycles. The second kappa shape index (κ2) is 9.29. The van der Waals surface area contributed by atoms with Crippen LogP contribution in [-0.2, 0) is 4.79 Å². The fourth-order valence-electron chi connectivity index (χ4n) is 4.91. The number of H-pyrrole nitrogens is 1. The number of benzene rings is 2. The number of rotatable bonds is 6. The molecule has 1 aliphatic rings. The van der Waals surface area contributed by atoms with Gasteiger partial charge in [-0.2, -0.15) is 0 Å². The first-order valence-electron chi connectivity index (χ1n) is 11.5. The second-order valence-corrected chi connectivity index (χ2v) is 9.37. The number of likely N-dealkylation sites (tertiary alicyclic amines) is 1. The lowest BCUT2D eigenvalue weighted by Gasteiger charge is -2.31. The van der Waals surface area contributed by atoms with Gasteiger partial charge in [0.05, 0.1) is 17.9 Å². The maximum Gasteiger partial charge on any atom is 0.245 e. The van der Waals surface area contributed by atoms with Crippen LogP contribution in [0, 0.1) is 6.92 Å². The van der Waals surface area contributed by atoms with E-state index in [0.29, 0.717) is 5.92 Å². The number of aromatic amines is 1. The Labute approximate surface area is 191 Å².